The Morgan fingerprint density at radius 2 is 0.710 bits per heavy atom. The lowest BCUT2D eigenvalue weighted by Crippen LogP contribution is -2.06. The van der Waals surface area contributed by atoms with Crippen molar-refractivity contribution in [3.63, 3.8) is 0 Å². The van der Waals surface area contributed by atoms with Crippen LogP contribution in [-0.2, 0) is 12.8 Å². The Hall–Kier alpha value is -0.990. The number of rotatable bonds is 22. The zero-order chi connectivity index (χ0) is 22.4. The van der Waals surface area contributed by atoms with Gasteiger partial charge in [-0.1, -0.05) is 129 Å². The van der Waals surface area contributed by atoms with Crippen molar-refractivity contribution in [3.05, 3.63) is 24.4 Å². The third-order valence-electron chi connectivity index (χ3n) is 6.28. The first-order valence-electron chi connectivity index (χ1n) is 13.8. The predicted molar refractivity (Wildman–Crippen MR) is 135 cm³/mol. The molecule has 1 radical (unpaired) electrons. The Morgan fingerprint density at radius 3 is 1.03 bits per heavy atom. The van der Waals surface area contributed by atoms with Gasteiger partial charge in [0.25, 0.3) is 0 Å². The number of hydrogen-bond donors (Lipinski definition) is 0. The van der Waals surface area contributed by atoms with Gasteiger partial charge in [0.1, 0.15) is 17.5 Å². The molecule has 0 N–H and O–H groups in total. The maximum absolute atomic E-state index is 4.72. The first kappa shape index (κ1) is 28.0. The molecule has 3 nitrogen and oxygen atoms in total. The molecule has 0 aliphatic rings. The fraction of sp³-hybridized carbons (Fsp3) is 0.857. The molecule has 0 spiro atoms. The van der Waals surface area contributed by atoms with Gasteiger partial charge in [0.05, 0.1) is 0 Å². The van der Waals surface area contributed by atoms with Crippen molar-refractivity contribution >= 4 is 0 Å². The summed E-state index contributed by atoms with van der Waals surface area (Å²) >= 11 is 0. The van der Waals surface area contributed by atoms with Crippen molar-refractivity contribution in [2.24, 2.45) is 0 Å². The molecule has 0 saturated heterocycles. The van der Waals surface area contributed by atoms with Gasteiger partial charge >= 0.3 is 0 Å². The molecule has 1 heterocycles. The molecule has 0 aromatic carbocycles. The smallest absolute Gasteiger partial charge is 0.133 e. The first-order valence-corrected chi connectivity index (χ1v) is 13.8. The second-order valence-corrected chi connectivity index (χ2v) is 9.45. The number of aryl methyl sites for hydroxylation is 2. The highest BCUT2D eigenvalue weighted by Crippen LogP contribution is 2.13. The minimum Gasteiger partial charge on any atom is -0.218 e. The lowest BCUT2D eigenvalue weighted by atomic mass is 10.1. The molecule has 1 rings (SSSR count). The molecule has 1 aromatic rings. The Kier molecular flexibility index (Phi) is 18.9. The Bertz CT molecular complexity index is 473. The van der Waals surface area contributed by atoms with Gasteiger partial charge in [-0.2, -0.15) is 0 Å². The summed E-state index contributed by atoms with van der Waals surface area (Å²) in [6.07, 6.45) is 29.2. The monoisotopic (exact) mass is 430 g/mol. The third kappa shape index (κ3) is 17.3. The van der Waals surface area contributed by atoms with Gasteiger partial charge in [0, 0.05) is 19.8 Å². The number of hydrogen-bond acceptors (Lipinski definition) is 3. The van der Waals surface area contributed by atoms with Crippen LogP contribution in [0.25, 0.3) is 0 Å². The maximum atomic E-state index is 4.72. The summed E-state index contributed by atoms with van der Waals surface area (Å²) < 4.78 is 0. The van der Waals surface area contributed by atoms with E-state index in [0.717, 1.165) is 24.5 Å². The number of aromatic nitrogens is 3. The second-order valence-electron chi connectivity index (χ2n) is 9.45. The molecular formula is C28H52N3. The summed E-state index contributed by atoms with van der Waals surface area (Å²) in [5.74, 6) is 2.57. The van der Waals surface area contributed by atoms with Crippen LogP contribution in [0.3, 0.4) is 0 Å². The topological polar surface area (TPSA) is 38.7 Å². The standard InChI is InChI=1S/C28H52N3/c1-4-6-8-10-12-14-16-18-20-22-24-27-29-26(3)30-28(31-27)25-23-21-19-17-15-13-11-9-7-5-2/h3-25H2,1-2H3. The van der Waals surface area contributed by atoms with E-state index < -0.39 is 0 Å². The van der Waals surface area contributed by atoms with E-state index in [1.165, 1.54) is 128 Å². The zero-order valence-electron chi connectivity index (χ0n) is 21.1. The molecule has 0 fully saturated rings. The van der Waals surface area contributed by atoms with Crippen LogP contribution in [-0.4, -0.2) is 15.0 Å². The van der Waals surface area contributed by atoms with Gasteiger partial charge in [0.15, 0.2) is 0 Å². The van der Waals surface area contributed by atoms with Gasteiger partial charge in [0.2, 0.25) is 0 Å². The molecular weight excluding hydrogens is 378 g/mol. The van der Waals surface area contributed by atoms with Crippen LogP contribution >= 0.6 is 0 Å². The molecule has 0 amide bonds. The minimum atomic E-state index is 0.652. The van der Waals surface area contributed by atoms with Crippen LogP contribution in [0.5, 0.6) is 0 Å². The van der Waals surface area contributed by atoms with Crippen LogP contribution in [0.2, 0.25) is 0 Å². The van der Waals surface area contributed by atoms with E-state index in [4.69, 9.17) is 4.98 Å². The SMILES string of the molecule is [CH2]c1nc(CCCCCCCCCCCC)nc(CCCCCCCCCCCC)n1. The van der Waals surface area contributed by atoms with E-state index in [0.29, 0.717) is 5.82 Å². The van der Waals surface area contributed by atoms with Crippen molar-refractivity contribution in [3.8, 4) is 0 Å². The van der Waals surface area contributed by atoms with E-state index in [9.17, 15) is 0 Å². The lowest BCUT2D eigenvalue weighted by Gasteiger charge is -2.06. The molecule has 0 aliphatic carbocycles. The molecule has 0 bridgehead atoms. The molecule has 179 valence electrons. The molecule has 31 heavy (non-hydrogen) atoms. The predicted octanol–water partition coefficient (Wildman–Crippen LogP) is 8.98. The Morgan fingerprint density at radius 1 is 0.419 bits per heavy atom. The van der Waals surface area contributed by atoms with E-state index in [1.54, 1.807) is 0 Å². The van der Waals surface area contributed by atoms with Crippen molar-refractivity contribution in [1.82, 2.24) is 15.0 Å². The molecule has 0 aliphatic heterocycles. The van der Waals surface area contributed by atoms with E-state index in [2.05, 4.69) is 30.7 Å². The maximum Gasteiger partial charge on any atom is 0.133 e. The minimum absolute atomic E-state index is 0.652. The summed E-state index contributed by atoms with van der Waals surface area (Å²) in [4.78, 5) is 13.7. The highest BCUT2D eigenvalue weighted by atomic mass is 15.0. The zero-order valence-corrected chi connectivity index (χ0v) is 21.1. The van der Waals surface area contributed by atoms with Crippen molar-refractivity contribution in [2.75, 3.05) is 0 Å². The fourth-order valence-electron chi connectivity index (χ4n) is 4.29. The molecule has 1 aromatic heterocycles. The average Bonchev–Trinajstić information content (AvgIpc) is 2.76. The van der Waals surface area contributed by atoms with Gasteiger partial charge in [-0.3, -0.25) is 0 Å². The quantitative estimate of drug-likeness (QED) is 0.172. The van der Waals surface area contributed by atoms with Crippen LogP contribution in [0.15, 0.2) is 0 Å². The van der Waals surface area contributed by atoms with E-state index in [-0.39, 0.29) is 0 Å². The number of nitrogens with zero attached hydrogens (tertiary/aromatic N) is 3. The van der Waals surface area contributed by atoms with Gasteiger partial charge in [-0.15, -0.1) is 0 Å². The van der Waals surface area contributed by atoms with Crippen molar-refractivity contribution < 1.29 is 0 Å². The average molecular weight is 431 g/mol. The normalized spacial score (nSPS) is 11.3. The van der Waals surface area contributed by atoms with Crippen LogP contribution in [0.4, 0.5) is 0 Å². The summed E-state index contributed by atoms with van der Waals surface area (Å²) in [7, 11) is 0. The Balaban J connectivity index is 2.06. The van der Waals surface area contributed by atoms with E-state index >= 15 is 0 Å². The largest absolute Gasteiger partial charge is 0.218 e. The molecule has 0 saturated carbocycles. The molecule has 0 atom stereocenters. The molecule has 3 heteroatoms. The van der Waals surface area contributed by atoms with Crippen LogP contribution in [0, 0.1) is 6.92 Å². The summed E-state index contributed by atoms with van der Waals surface area (Å²) in [5.41, 5.74) is 0. The third-order valence-corrected chi connectivity index (χ3v) is 6.28. The highest BCUT2D eigenvalue weighted by Gasteiger charge is 2.05. The van der Waals surface area contributed by atoms with Gasteiger partial charge in [-0.25, -0.2) is 15.0 Å². The lowest BCUT2D eigenvalue weighted by molar-refractivity contribution is 0.549. The summed E-state index contributed by atoms with van der Waals surface area (Å²) in [6, 6.07) is 0. The second kappa shape index (κ2) is 20.9. The van der Waals surface area contributed by atoms with Gasteiger partial charge < -0.3 is 0 Å². The molecule has 0 unspecified atom stereocenters. The van der Waals surface area contributed by atoms with E-state index in [1.807, 2.05) is 0 Å². The van der Waals surface area contributed by atoms with Crippen LogP contribution < -0.4 is 0 Å². The van der Waals surface area contributed by atoms with Crippen molar-refractivity contribution in [2.45, 2.75) is 155 Å². The summed E-state index contributed by atoms with van der Waals surface area (Å²) in [6.45, 7) is 8.54. The first-order chi connectivity index (χ1) is 15.3. The van der Waals surface area contributed by atoms with Gasteiger partial charge in [-0.05, 0) is 12.8 Å². The summed E-state index contributed by atoms with van der Waals surface area (Å²) in [5, 5.41) is 0. The Labute approximate surface area is 194 Å². The highest BCUT2D eigenvalue weighted by molar-refractivity contribution is 5.00. The van der Waals surface area contributed by atoms with Crippen LogP contribution in [0.1, 0.15) is 160 Å². The fourth-order valence-corrected chi connectivity index (χ4v) is 4.29. The van der Waals surface area contributed by atoms with Crippen molar-refractivity contribution in [1.29, 1.82) is 0 Å². The number of unbranched alkanes of at least 4 members (excludes halogenated alkanes) is 18.